The smallest absolute Gasteiger partial charge is 0.310 e. The van der Waals surface area contributed by atoms with Crippen molar-refractivity contribution < 1.29 is 23.8 Å². The molecule has 1 amide bonds. The Morgan fingerprint density at radius 1 is 1.27 bits per heavy atom. The van der Waals surface area contributed by atoms with E-state index in [9.17, 15) is 9.59 Å². The van der Waals surface area contributed by atoms with Crippen molar-refractivity contribution in [2.75, 3.05) is 66.8 Å². The number of nitrogens with zero attached hydrogens (tertiary/aromatic N) is 2. The lowest BCUT2D eigenvalue weighted by molar-refractivity contribution is -0.147. The summed E-state index contributed by atoms with van der Waals surface area (Å²) in [6, 6.07) is 0. The lowest BCUT2D eigenvalue weighted by atomic mass is 10.1. The van der Waals surface area contributed by atoms with E-state index in [0.29, 0.717) is 13.1 Å². The van der Waals surface area contributed by atoms with Crippen LogP contribution < -0.4 is 0 Å². The van der Waals surface area contributed by atoms with E-state index in [-0.39, 0.29) is 24.4 Å². The summed E-state index contributed by atoms with van der Waals surface area (Å²) < 4.78 is 15.0. The molecule has 1 fully saturated rings. The molecule has 1 rings (SSSR count). The molecule has 1 heterocycles. The minimum Gasteiger partial charge on any atom is -0.469 e. The van der Waals surface area contributed by atoms with Gasteiger partial charge in [0.05, 0.1) is 26.2 Å². The van der Waals surface area contributed by atoms with Crippen LogP contribution in [-0.2, 0) is 23.8 Å². The Morgan fingerprint density at radius 2 is 1.95 bits per heavy atom. The largest absolute Gasteiger partial charge is 0.469 e. The van der Waals surface area contributed by atoms with Gasteiger partial charge in [0.15, 0.2) is 0 Å². The highest BCUT2D eigenvalue weighted by molar-refractivity contribution is 5.78. The van der Waals surface area contributed by atoms with Crippen LogP contribution in [0.5, 0.6) is 0 Å². The van der Waals surface area contributed by atoms with Crippen molar-refractivity contribution >= 4 is 11.9 Å². The molecule has 0 N–H and O–H groups in total. The van der Waals surface area contributed by atoms with E-state index < -0.39 is 0 Å². The fraction of sp³-hybridized carbons (Fsp3) is 0.867. The Hall–Kier alpha value is -1.18. The highest BCUT2D eigenvalue weighted by atomic mass is 16.5. The zero-order valence-electron chi connectivity index (χ0n) is 13.9. The molecule has 0 aromatic rings. The molecule has 0 aromatic heterocycles. The maximum Gasteiger partial charge on any atom is 0.310 e. The number of morpholine rings is 1. The number of rotatable bonds is 9. The number of carbonyl (C=O) groups is 2. The number of ether oxygens (including phenoxy) is 3. The molecule has 1 unspecified atom stereocenters. The Balaban J connectivity index is 2.43. The monoisotopic (exact) mass is 316 g/mol. The van der Waals surface area contributed by atoms with E-state index in [4.69, 9.17) is 14.2 Å². The van der Waals surface area contributed by atoms with Gasteiger partial charge in [-0.15, -0.1) is 0 Å². The summed E-state index contributed by atoms with van der Waals surface area (Å²) in [4.78, 5) is 27.6. The third-order valence-corrected chi connectivity index (χ3v) is 3.72. The molecule has 0 aromatic carbocycles. The normalized spacial score (nSPS) is 17.0. The zero-order chi connectivity index (χ0) is 16.4. The van der Waals surface area contributed by atoms with Crippen molar-refractivity contribution in [2.45, 2.75) is 13.3 Å². The van der Waals surface area contributed by atoms with Crippen molar-refractivity contribution in [1.29, 1.82) is 0 Å². The van der Waals surface area contributed by atoms with Crippen molar-refractivity contribution in [3.05, 3.63) is 0 Å². The van der Waals surface area contributed by atoms with Crippen LogP contribution in [0.25, 0.3) is 0 Å². The molecule has 1 aliphatic heterocycles. The van der Waals surface area contributed by atoms with Crippen LogP contribution in [0.2, 0.25) is 0 Å². The molecule has 0 saturated carbocycles. The first-order valence-electron chi connectivity index (χ1n) is 7.73. The van der Waals surface area contributed by atoms with Crippen LogP contribution in [0.3, 0.4) is 0 Å². The van der Waals surface area contributed by atoms with Crippen LogP contribution >= 0.6 is 0 Å². The molecule has 1 aliphatic rings. The topological polar surface area (TPSA) is 68.3 Å². The number of methoxy groups -OCH3 is 2. The first-order valence-corrected chi connectivity index (χ1v) is 7.73. The summed E-state index contributed by atoms with van der Waals surface area (Å²) in [6.45, 7) is 7.10. The van der Waals surface area contributed by atoms with E-state index in [0.717, 1.165) is 39.3 Å². The third kappa shape index (κ3) is 6.72. The molecule has 7 heteroatoms. The van der Waals surface area contributed by atoms with Gasteiger partial charge in [-0.2, -0.15) is 0 Å². The summed E-state index contributed by atoms with van der Waals surface area (Å²) in [5.41, 5.74) is 0. The average Bonchev–Trinajstić information content (AvgIpc) is 2.54. The highest BCUT2D eigenvalue weighted by Gasteiger charge is 2.21. The van der Waals surface area contributed by atoms with Crippen molar-refractivity contribution in [1.82, 2.24) is 9.80 Å². The molecule has 0 bridgehead atoms. The van der Waals surface area contributed by atoms with Crippen molar-refractivity contribution in [3.63, 3.8) is 0 Å². The molecule has 1 atom stereocenters. The van der Waals surface area contributed by atoms with E-state index in [2.05, 4.69) is 4.90 Å². The predicted molar refractivity (Wildman–Crippen MR) is 81.5 cm³/mol. The van der Waals surface area contributed by atoms with E-state index >= 15 is 0 Å². The molecule has 128 valence electrons. The van der Waals surface area contributed by atoms with E-state index in [1.165, 1.54) is 14.2 Å². The maximum absolute atomic E-state index is 12.1. The standard InChI is InChI=1S/C15H28N2O5/c1-13(15(19)21-3)11-17(14(18)12-20-2)6-4-5-16-7-9-22-10-8-16/h13H,4-12H2,1-3H3. The fourth-order valence-corrected chi connectivity index (χ4v) is 2.45. The number of amides is 1. The second-order valence-corrected chi connectivity index (χ2v) is 5.50. The Kier molecular flexibility index (Phi) is 9.03. The van der Waals surface area contributed by atoms with Gasteiger partial charge in [-0.25, -0.2) is 0 Å². The number of carbonyl (C=O) groups excluding carboxylic acids is 2. The lowest BCUT2D eigenvalue weighted by Crippen LogP contribution is -2.42. The SMILES string of the molecule is COCC(=O)N(CCCN1CCOCC1)CC(C)C(=O)OC. The quantitative estimate of drug-likeness (QED) is 0.558. The Labute approximate surface area is 132 Å². The molecule has 22 heavy (non-hydrogen) atoms. The van der Waals surface area contributed by atoms with Crippen molar-refractivity contribution in [3.8, 4) is 0 Å². The maximum atomic E-state index is 12.1. The number of esters is 1. The summed E-state index contributed by atoms with van der Waals surface area (Å²) >= 11 is 0. The Morgan fingerprint density at radius 3 is 2.55 bits per heavy atom. The van der Waals surface area contributed by atoms with E-state index in [1.807, 2.05) is 0 Å². The van der Waals surface area contributed by atoms with Crippen LogP contribution in [0, 0.1) is 5.92 Å². The highest BCUT2D eigenvalue weighted by Crippen LogP contribution is 2.06. The predicted octanol–water partition coefficient (Wildman–Crippen LogP) is -0.00720. The number of hydrogen-bond donors (Lipinski definition) is 0. The molecular formula is C15H28N2O5. The third-order valence-electron chi connectivity index (χ3n) is 3.72. The van der Waals surface area contributed by atoms with Gasteiger partial charge in [0.1, 0.15) is 6.61 Å². The first-order chi connectivity index (χ1) is 10.6. The number of hydrogen-bond acceptors (Lipinski definition) is 6. The molecule has 0 radical (unpaired) electrons. The molecule has 0 aliphatic carbocycles. The van der Waals surface area contributed by atoms with Gasteiger partial charge in [0.2, 0.25) is 5.91 Å². The van der Waals surface area contributed by atoms with Gasteiger partial charge < -0.3 is 19.1 Å². The van der Waals surface area contributed by atoms with Crippen LogP contribution in [0.15, 0.2) is 0 Å². The second kappa shape index (κ2) is 10.5. The van der Waals surface area contributed by atoms with Gasteiger partial charge in [-0.3, -0.25) is 14.5 Å². The first kappa shape index (κ1) is 18.9. The van der Waals surface area contributed by atoms with Gasteiger partial charge in [0.25, 0.3) is 0 Å². The average molecular weight is 316 g/mol. The van der Waals surface area contributed by atoms with Crippen molar-refractivity contribution in [2.24, 2.45) is 5.92 Å². The van der Waals surface area contributed by atoms with Crippen LogP contribution in [-0.4, -0.2) is 88.4 Å². The van der Waals surface area contributed by atoms with Gasteiger partial charge >= 0.3 is 5.97 Å². The van der Waals surface area contributed by atoms with Gasteiger partial charge in [-0.05, 0) is 6.42 Å². The Bertz CT molecular complexity index is 345. The summed E-state index contributed by atoms with van der Waals surface area (Å²) in [5, 5.41) is 0. The van der Waals surface area contributed by atoms with Gasteiger partial charge in [-0.1, -0.05) is 6.92 Å². The van der Waals surface area contributed by atoms with Crippen LogP contribution in [0.4, 0.5) is 0 Å². The second-order valence-electron chi connectivity index (χ2n) is 5.50. The molecule has 7 nitrogen and oxygen atoms in total. The minimum absolute atomic E-state index is 0.0332. The van der Waals surface area contributed by atoms with E-state index in [1.54, 1.807) is 11.8 Å². The lowest BCUT2D eigenvalue weighted by Gasteiger charge is -2.29. The summed E-state index contributed by atoms with van der Waals surface area (Å²) in [6.07, 6.45) is 0.864. The summed E-state index contributed by atoms with van der Waals surface area (Å²) in [5.74, 6) is -0.738. The molecule has 1 saturated heterocycles. The fourth-order valence-electron chi connectivity index (χ4n) is 2.45. The molecular weight excluding hydrogens is 288 g/mol. The zero-order valence-corrected chi connectivity index (χ0v) is 13.9. The van der Waals surface area contributed by atoms with Gasteiger partial charge in [0, 0.05) is 39.8 Å². The summed E-state index contributed by atoms with van der Waals surface area (Å²) in [7, 11) is 2.85. The molecule has 0 spiro atoms. The van der Waals surface area contributed by atoms with Crippen LogP contribution in [0.1, 0.15) is 13.3 Å². The minimum atomic E-state index is -0.339.